The van der Waals surface area contributed by atoms with Crippen LogP contribution in [0.4, 0.5) is 0 Å². The maximum absolute atomic E-state index is 6.68. The summed E-state index contributed by atoms with van der Waals surface area (Å²) in [5.74, 6) is 0. The molecule has 0 heterocycles. The van der Waals surface area contributed by atoms with E-state index in [2.05, 4.69) is 91.1 Å². The van der Waals surface area contributed by atoms with E-state index in [1.54, 1.807) is 0 Å². The number of benzene rings is 2. The molecule has 6 rings (SSSR count). The molecule has 2 aromatic carbocycles. The summed E-state index contributed by atoms with van der Waals surface area (Å²) in [6, 6.07) is 17.2. The van der Waals surface area contributed by atoms with Gasteiger partial charge in [-0.05, 0) is 62.8 Å². The van der Waals surface area contributed by atoms with Crippen LogP contribution in [-0.4, -0.2) is 0 Å². The molecule has 1 atom stereocenters. The second kappa shape index (κ2) is 4.64. The Morgan fingerprint density at radius 1 is 0.654 bits per heavy atom. The normalized spacial score (nSPS) is 23.9. The van der Waals surface area contributed by atoms with Gasteiger partial charge in [-0.15, -0.1) is 0 Å². The van der Waals surface area contributed by atoms with E-state index in [0.29, 0.717) is 0 Å². The topological polar surface area (TPSA) is 26.0 Å². The molecule has 0 bridgehead atoms. The first-order chi connectivity index (χ1) is 12.8. The first kappa shape index (κ1) is 13.9. The highest BCUT2D eigenvalue weighted by Gasteiger charge is 2.47. The second-order valence-electron chi connectivity index (χ2n) is 7.24. The van der Waals surface area contributed by atoms with E-state index in [0.717, 1.165) is 5.70 Å². The van der Waals surface area contributed by atoms with E-state index >= 15 is 0 Å². The van der Waals surface area contributed by atoms with Crippen LogP contribution in [0.2, 0.25) is 0 Å². The number of rotatable bonds is 0. The fourth-order valence-electron chi connectivity index (χ4n) is 4.83. The molecule has 1 spiro atoms. The number of hydrogen-bond donors (Lipinski definition) is 1. The van der Waals surface area contributed by atoms with Crippen LogP contribution in [0, 0.1) is 5.41 Å². The molecule has 1 unspecified atom stereocenters. The highest BCUT2D eigenvalue weighted by atomic mass is 14.7. The van der Waals surface area contributed by atoms with E-state index in [-0.39, 0.29) is 5.41 Å². The van der Waals surface area contributed by atoms with Crippen molar-refractivity contribution >= 4 is 23.3 Å². The van der Waals surface area contributed by atoms with Crippen LogP contribution >= 0.6 is 0 Å². The van der Waals surface area contributed by atoms with E-state index < -0.39 is 0 Å². The smallest absolute Gasteiger partial charge is 0.0792 e. The molecule has 0 fully saturated rings. The minimum absolute atomic E-state index is 0.383. The van der Waals surface area contributed by atoms with Crippen molar-refractivity contribution in [3.8, 4) is 0 Å². The third-order valence-corrected chi connectivity index (χ3v) is 6.03. The van der Waals surface area contributed by atoms with Gasteiger partial charge in [-0.3, -0.25) is 0 Å². The molecule has 4 aliphatic rings. The van der Waals surface area contributed by atoms with Crippen molar-refractivity contribution in [2.75, 3.05) is 0 Å². The van der Waals surface area contributed by atoms with Gasteiger partial charge in [0.1, 0.15) is 0 Å². The van der Waals surface area contributed by atoms with Crippen LogP contribution in [0.1, 0.15) is 22.3 Å². The van der Waals surface area contributed by atoms with E-state index in [4.69, 9.17) is 5.73 Å². The lowest BCUT2D eigenvalue weighted by atomic mass is 9.64. The van der Waals surface area contributed by atoms with Gasteiger partial charge in [0.05, 0.1) is 5.41 Å². The predicted molar refractivity (Wildman–Crippen MR) is 109 cm³/mol. The van der Waals surface area contributed by atoms with Crippen molar-refractivity contribution in [3.05, 3.63) is 118 Å². The first-order valence-corrected chi connectivity index (χ1v) is 9.00. The number of fused-ring (bicyclic) bond motifs is 8. The molecule has 2 aromatic rings. The Hall–Kier alpha value is -3.32. The zero-order valence-corrected chi connectivity index (χ0v) is 14.2. The SMILES string of the molecule is NC1=CC=C2C(=Cc3ccccc32)C12C=CC=C1C2=Cc2ccccc21. The largest absolute Gasteiger partial charge is 0.401 e. The van der Waals surface area contributed by atoms with Crippen molar-refractivity contribution < 1.29 is 0 Å². The maximum atomic E-state index is 6.68. The first-order valence-electron chi connectivity index (χ1n) is 9.00. The molecule has 0 aliphatic heterocycles. The van der Waals surface area contributed by atoms with Crippen LogP contribution in [0.15, 0.2) is 95.8 Å². The highest BCUT2D eigenvalue weighted by Crippen LogP contribution is 2.60. The Morgan fingerprint density at radius 2 is 1.23 bits per heavy atom. The Balaban J connectivity index is 1.63. The van der Waals surface area contributed by atoms with Gasteiger partial charge in [0.25, 0.3) is 0 Å². The summed E-state index contributed by atoms with van der Waals surface area (Å²) in [6.07, 6.45) is 15.6. The van der Waals surface area contributed by atoms with E-state index in [1.165, 1.54) is 44.5 Å². The van der Waals surface area contributed by atoms with Gasteiger partial charge in [-0.25, -0.2) is 0 Å². The molecular formula is C25H17N. The Kier molecular flexibility index (Phi) is 2.49. The zero-order chi connectivity index (χ0) is 17.3. The summed E-state index contributed by atoms with van der Waals surface area (Å²) in [7, 11) is 0. The predicted octanol–water partition coefficient (Wildman–Crippen LogP) is 5.36. The lowest BCUT2D eigenvalue weighted by Crippen LogP contribution is -2.33. The molecule has 26 heavy (non-hydrogen) atoms. The van der Waals surface area contributed by atoms with Gasteiger partial charge in [0.2, 0.25) is 0 Å². The lowest BCUT2D eigenvalue weighted by molar-refractivity contribution is 0.685. The summed E-state index contributed by atoms with van der Waals surface area (Å²) >= 11 is 0. The Bertz CT molecular complexity index is 1160. The summed E-state index contributed by atoms with van der Waals surface area (Å²) in [6.45, 7) is 0. The van der Waals surface area contributed by atoms with E-state index in [9.17, 15) is 0 Å². The molecule has 0 aromatic heterocycles. The molecule has 0 amide bonds. The standard InChI is InChI=1S/C25H17N/c26-24-12-11-21-19-9-4-2-7-17(19)15-23(21)25(24)13-5-10-20-18-8-3-1-6-16(18)14-22(20)25/h1-15H,26H2. The van der Waals surface area contributed by atoms with Crippen LogP contribution in [0.5, 0.6) is 0 Å². The molecule has 0 radical (unpaired) electrons. The quantitative estimate of drug-likeness (QED) is 0.691. The van der Waals surface area contributed by atoms with Crippen molar-refractivity contribution in [1.29, 1.82) is 0 Å². The average molecular weight is 331 g/mol. The summed E-state index contributed by atoms with van der Waals surface area (Å²) in [5.41, 5.74) is 17.5. The fourth-order valence-corrected chi connectivity index (χ4v) is 4.83. The van der Waals surface area contributed by atoms with Gasteiger partial charge < -0.3 is 5.73 Å². The summed E-state index contributed by atoms with van der Waals surface area (Å²) < 4.78 is 0. The van der Waals surface area contributed by atoms with Gasteiger partial charge >= 0.3 is 0 Å². The van der Waals surface area contributed by atoms with Crippen molar-refractivity contribution in [3.63, 3.8) is 0 Å². The average Bonchev–Trinajstić information content (AvgIpc) is 3.24. The summed E-state index contributed by atoms with van der Waals surface area (Å²) in [5, 5.41) is 0. The van der Waals surface area contributed by atoms with Gasteiger partial charge in [-0.2, -0.15) is 0 Å². The minimum atomic E-state index is -0.383. The van der Waals surface area contributed by atoms with Crippen LogP contribution < -0.4 is 5.73 Å². The number of hydrogen-bond acceptors (Lipinski definition) is 1. The zero-order valence-electron chi connectivity index (χ0n) is 14.2. The fraction of sp³-hybridized carbons (Fsp3) is 0.0400. The number of allylic oxidation sites excluding steroid dienone is 7. The maximum Gasteiger partial charge on any atom is 0.0792 e. The molecular weight excluding hydrogens is 314 g/mol. The van der Waals surface area contributed by atoms with Crippen LogP contribution in [-0.2, 0) is 0 Å². The molecule has 2 N–H and O–H groups in total. The van der Waals surface area contributed by atoms with Gasteiger partial charge in [0, 0.05) is 5.70 Å². The minimum Gasteiger partial charge on any atom is -0.401 e. The highest BCUT2D eigenvalue weighted by molar-refractivity contribution is 6.05. The van der Waals surface area contributed by atoms with Gasteiger partial charge in [-0.1, -0.05) is 72.8 Å². The molecule has 122 valence electrons. The lowest BCUT2D eigenvalue weighted by Gasteiger charge is -2.40. The van der Waals surface area contributed by atoms with E-state index in [1.807, 2.05) is 0 Å². The third kappa shape index (κ3) is 1.52. The molecule has 1 heteroatoms. The van der Waals surface area contributed by atoms with Gasteiger partial charge in [0.15, 0.2) is 0 Å². The second-order valence-corrected chi connectivity index (χ2v) is 7.24. The van der Waals surface area contributed by atoms with Crippen LogP contribution in [0.25, 0.3) is 23.3 Å². The monoisotopic (exact) mass is 331 g/mol. The third-order valence-electron chi connectivity index (χ3n) is 6.03. The van der Waals surface area contributed by atoms with Crippen molar-refractivity contribution in [1.82, 2.24) is 0 Å². The Morgan fingerprint density at radius 3 is 1.88 bits per heavy atom. The molecule has 0 saturated carbocycles. The number of nitrogens with two attached hydrogens (primary N) is 1. The van der Waals surface area contributed by atoms with Crippen molar-refractivity contribution in [2.45, 2.75) is 0 Å². The molecule has 4 aliphatic carbocycles. The van der Waals surface area contributed by atoms with Crippen molar-refractivity contribution in [2.24, 2.45) is 11.1 Å². The Labute approximate surface area is 152 Å². The summed E-state index contributed by atoms with van der Waals surface area (Å²) in [4.78, 5) is 0. The molecule has 1 nitrogen and oxygen atoms in total. The molecule has 0 saturated heterocycles. The van der Waals surface area contributed by atoms with Crippen LogP contribution in [0.3, 0.4) is 0 Å².